The van der Waals surface area contributed by atoms with E-state index in [0.29, 0.717) is 5.92 Å². The molecular formula is C33H36. The summed E-state index contributed by atoms with van der Waals surface area (Å²) in [4.78, 5) is 0. The first-order valence-electron chi connectivity index (χ1n) is 12.7. The van der Waals surface area contributed by atoms with Gasteiger partial charge in [0.1, 0.15) is 0 Å². The first-order chi connectivity index (χ1) is 15.9. The van der Waals surface area contributed by atoms with Crippen LogP contribution in [0.4, 0.5) is 0 Å². The number of aryl methyl sites for hydroxylation is 4. The lowest BCUT2D eigenvalue weighted by atomic mass is 9.86. The van der Waals surface area contributed by atoms with Crippen LogP contribution in [0.2, 0.25) is 0 Å². The van der Waals surface area contributed by atoms with Crippen LogP contribution in [-0.2, 0) is 6.42 Å². The monoisotopic (exact) mass is 432 g/mol. The van der Waals surface area contributed by atoms with E-state index >= 15 is 0 Å². The second-order valence-electron chi connectivity index (χ2n) is 10.3. The lowest BCUT2D eigenvalue weighted by Gasteiger charge is -2.18. The average molecular weight is 433 g/mol. The molecule has 0 saturated heterocycles. The van der Waals surface area contributed by atoms with Crippen LogP contribution >= 0.6 is 0 Å². The number of hydrogen-bond donors (Lipinski definition) is 0. The standard InChI is InChI=1S/C30H28.C3H8/c1-6-25-27-13-22-9-18(4)19(5)10-23(22)14-28(27)29-15-24-11-20-7-16(2)17(3)8-21(20)12-26(24)30(25)29;1-3-2/h7-14,25H,6,15H2,1-5H3;3H2,1-2H3. The van der Waals surface area contributed by atoms with E-state index in [9.17, 15) is 0 Å². The summed E-state index contributed by atoms with van der Waals surface area (Å²) >= 11 is 0. The summed E-state index contributed by atoms with van der Waals surface area (Å²) in [5.74, 6) is 0.520. The Labute approximate surface area is 199 Å². The fourth-order valence-electron chi connectivity index (χ4n) is 5.83. The molecule has 4 aromatic carbocycles. The Morgan fingerprint density at radius 2 is 1.06 bits per heavy atom. The number of rotatable bonds is 1. The van der Waals surface area contributed by atoms with Gasteiger partial charge in [-0.1, -0.05) is 57.5 Å². The topological polar surface area (TPSA) is 0 Å². The van der Waals surface area contributed by atoms with E-state index in [2.05, 4.69) is 97.0 Å². The highest BCUT2D eigenvalue weighted by atomic mass is 14.4. The van der Waals surface area contributed by atoms with Gasteiger partial charge in [0.2, 0.25) is 0 Å². The highest BCUT2D eigenvalue weighted by Gasteiger charge is 2.36. The molecule has 2 aliphatic rings. The third kappa shape index (κ3) is 3.43. The van der Waals surface area contributed by atoms with E-state index in [1.807, 2.05) is 0 Å². The Morgan fingerprint density at radius 1 is 0.606 bits per heavy atom. The van der Waals surface area contributed by atoms with Gasteiger partial charge in [-0.25, -0.2) is 0 Å². The van der Waals surface area contributed by atoms with Crippen LogP contribution in [0.5, 0.6) is 0 Å². The highest BCUT2D eigenvalue weighted by molar-refractivity contribution is 6.08. The van der Waals surface area contributed by atoms with Crippen LogP contribution in [0.3, 0.4) is 0 Å². The third-order valence-electron chi connectivity index (χ3n) is 7.74. The zero-order valence-electron chi connectivity index (χ0n) is 21.3. The van der Waals surface area contributed by atoms with Crippen LogP contribution in [0, 0.1) is 27.7 Å². The first kappa shape index (κ1) is 22.0. The van der Waals surface area contributed by atoms with Crippen LogP contribution < -0.4 is 0 Å². The van der Waals surface area contributed by atoms with E-state index in [1.165, 1.54) is 66.9 Å². The van der Waals surface area contributed by atoms with Gasteiger partial charge in [-0.15, -0.1) is 0 Å². The third-order valence-corrected chi connectivity index (χ3v) is 7.74. The van der Waals surface area contributed by atoms with E-state index < -0.39 is 0 Å². The Balaban J connectivity index is 0.000000724. The summed E-state index contributed by atoms with van der Waals surface area (Å²) in [5.41, 5.74) is 14.8. The summed E-state index contributed by atoms with van der Waals surface area (Å²) < 4.78 is 0. The second kappa shape index (κ2) is 8.17. The fraction of sp³-hybridized carbons (Fsp3) is 0.333. The van der Waals surface area contributed by atoms with Crippen molar-refractivity contribution in [1.82, 2.24) is 0 Å². The van der Waals surface area contributed by atoms with Gasteiger partial charge in [0.05, 0.1) is 0 Å². The quantitative estimate of drug-likeness (QED) is 0.281. The molecule has 4 aromatic rings. The lowest BCUT2D eigenvalue weighted by Crippen LogP contribution is -2.00. The Morgan fingerprint density at radius 3 is 1.58 bits per heavy atom. The van der Waals surface area contributed by atoms with Crippen LogP contribution in [0.15, 0.2) is 48.5 Å². The van der Waals surface area contributed by atoms with Crippen molar-refractivity contribution in [2.24, 2.45) is 0 Å². The molecule has 168 valence electrons. The summed E-state index contributed by atoms with van der Waals surface area (Å²) in [6, 6.07) is 19.4. The molecule has 0 heterocycles. The van der Waals surface area contributed by atoms with Gasteiger partial charge in [-0.3, -0.25) is 0 Å². The molecular weight excluding hydrogens is 396 g/mol. The highest BCUT2D eigenvalue weighted by Crippen LogP contribution is 2.55. The minimum atomic E-state index is 0.520. The predicted octanol–water partition coefficient (Wildman–Crippen LogP) is 9.62. The van der Waals surface area contributed by atoms with Gasteiger partial charge in [0.25, 0.3) is 0 Å². The molecule has 33 heavy (non-hydrogen) atoms. The molecule has 1 unspecified atom stereocenters. The van der Waals surface area contributed by atoms with Crippen molar-refractivity contribution in [2.45, 2.75) is 73.6 Å². The van der Waals surface area contributed by atoms with E-state index in [-0.39, 0.29) is 0 Å². The molecule has 0 amide bonds. The van der Waals surface area contributed by atoms with Crippen LogP contribution in [-0.4, -0.2) is 0 Å². The van der Waals surface area contributed by atoms with Gasteiger partial charge in [-0.05, 0) is 136 Å². The molecule has 0 N–H and O–H groups in total. The molecule has 0 bridgehead atoms. The number of allylic oxidation sites excluding steroid dienone is 2. The molecule has 0 nitrogen and oxygen atoms in total. The van der Waals surface area contributed by atoms with Crippen LogP contribution in [0.1, 0.15) is 84.0 Å². The smallest absolute Gasteiger partial charge is 0.0102 e. The van der Waals surface area contributed by atoms with Crippen LogP contribution in [0.25, 0.3) is 32.7 Å². The SMILES string of the molecule is CCC.CCC1C2=C(Cc3cc4cc(C)c(C)cc4cc32)c2cc3cc(C)c(C)cc3cc21. The molecule has 0 radical (unpaired) electrons. The Bertz CT molecular complexity index is 1440. The van der Waals surface area contributed by atoms with Gasteiger partial charge < -0.3 is 0 Å². The molecule has 0 aliphatic heterocycles. The van der Waals surface area contributed by atoms with Gasteiger partial charge in [0.15, 0.2) is 0 Å². The van der Waals surface area contributed by atoms with Crippen molar-refractivity contribution in [2.75, 3.05) is 0 Å². The number of benzene rings is 4. The maximum Gasteiger partial charge on any atom is 0.0102 e. The maximum atomic E-state index is 2.48. The zero-order valence-corrected chi connectivity index (χ0v) is 21.3. The fourth-order valence-corrected chi connectivity index (χ4v) is 5.83. The lowest BCUT2D eigenvalue weighted by molar-refractivity contribution is 0.835. The summed E-state index contributed by atoms with van der Waals surface area (Å²) in [7, 11) is 0. The molecule has 2 aliphatic carbocycles. The minimum Gasteiger partial charge on any atom is -0.0656 e. The van der Waals surface area contributed by atoms with E-state index in [1.54, 1.807) is 16.7 Å². The van der Waals surface area contributed by atoms with Crippen molar-refractivity contribution in [3.05, 3.63) is 93.0 Å². The zero-order chi connectivity index (χ0) is 23.4. The van der Waals surface area contributed by atoms with Gasteiger partial charge in [0, 0.05) is 5.92 Å². The summed E-state index contributed by atoms with van der Waals surface area (Å²) in [6.07, 6.45) is 3.49. The molecule has 6 rings (SSSR count). The number of hydrogen-bond acceptors (Lipinski definition) is 0. The first-order valence-corrected chi connectivity index (χ1v) is 12.7. The second-order valence-corrected chi connectivity index (χ2v) is 10.3. The predicted molar refractivity (Wildman–Crippen MR) is 146 cm³/mol. The van der Waals surface area contributed by atoms with E-state index in [4.69, 9.17) is 0 Å². The molecule has 0 saturated carbocycles. The Kier molecular flexibility index (Phi) is 5.44. The summed E-state index contributed by atoms with van der Waals surface area (Å²) in [6.45, 7) is 15.5. The maximum absolute atomic E-state index is 2.48. The van der Waals surface area contributed by atoms with Crippen molar-refractivity contribution in [3.63, 3.8) is 0 Å². The number of fused-ring (bicyclic) bond motifs is 6. The van der Waals surface area contributed by atoms with Crippen molar-refractivity contribution in [1.29, 1.82) is 0 Å². The minimum absolute atomic E-state index is 0.520. The largest absolute Gasteiger partial charge is 0.0656 e. The molecule has 0 fully saturated rings. The van der Waals surface area contributed by atoms with Gasteiger partial charge >= 0.3 is 0 Å². The molecule has 0 spiro atoms. The normalized spacial score (nSPS) is 16.0. The van der Waals surface area contributed by atoms with Crippen molar-refractivity contribution >= 4 is 32.7 Å². The van der Waals surface area contributed by atoms with E-state index in [0.717, 1.165) is 12.8 Å². The molecule has 0 aromatic heterocycles. The Hall–Kier alpha value is -2.86. The molecule has 0 heteroatoms. The summed E-state index contributed by atoms with van der Waals surface area (Å²) in [5, 5.41) is 5.54. The average Bonchev–Trinajstić information content (AvgIpc) is 3.27. The van der Waals surface area contributed by atoms with Crippen molar-refractivity contribution in [3.8, 4) is 0 Å². The molecule has 1 atom stereocenters. The van der Waals surface area contributed by atoms with Crippen molar-refractivity contribution < 1.29 is 0 Å². The van der Waals surface area contributed by atoms with Gasteiger partial charge in [-0.2, -0.15) is 0 Å².